The van der Waals surface area contributed by atoms with Gasteiger partial charge in [-0.15, -0.1) is 0 Å². The number of rotatable bonds is 9. The molecule has 0 atom stereocenters. The summed E-state index contributed by atoms with van der Waals surface area (Å²) in [4.78, 5) is 0.317. The quantitative estimate of drug-likeness (QED) is 0.682. The van der Waals surface area contributed by atoms with Gasteiger partial charge in [-0.25, -0.2) is 12.7 Å². The average molecular weight is 316 g/mol. The SMILES string of the molecule is CCCNCc1n[nH]c(C)c1S(=O)(=O)N(C)CCC(C)C. The maximum atomic E-state index is 12.7. The molecule has 0 aliphatic heterocycles. The van der Waals surface area contributed by atoms with Crippen molar-refractivity contribution < 1.29 is 8.42 Å². The van der Waals surface area contributed by atoms with Crippen molar-refractivity contribution in [2.75, 3.05) is 20.1 Å². The molecule has 0 saturated carbocycles. The molecule has 122 valence electrons. The Hall–Kier alpha value is -0.920. The van der Waals surface area contributed by atoms with E-state index >= 15 is 0 Å². The highest BCUT2D eigenvalue weighted by Gasteiger charge is 2.28. The van der Waals surface area contributed by atoms with Crippen LogP contribution in [0.1, 0.15) is 45.0 Å². The summed E-state index contributed by atoms with van der Waals surface area (Å²) in [6.45, 7) is 9.82. The van der Waals surface area contributed by atoms with E-state index in [0.29, 0.717) is 35.3 Å². The second kappa shape index (κ2) is 7.91. The van der Waals surface area contributed by atoms with Gasteiger partial charge in [-0.1, -0.05) is 20.8 Å². The fourth-order valence-corrected chi connectivity index (χ4v) is 3.54. The van der Waals surface area contributed by atoms with Gasteiger partial charge >= 0.3 is 0 Å². The van der Waals surface area contributed by atoms with Crippen LogP contribution in [0.25, 0.3) is 0 Å². The first-order chi connectivity index (χ1) is 9.80. The zero-order chi connectivity index (χ0) is 16.0. The summed E-state index contributed by atoms with van der Waals surface area (Å²) in [6, 6.07) is 0. The second-order valence-electron chi connectivity index (χ2n) is 5.81. The number of H-pyrrole nitrogens is 1. The zero-order valence-electron chi connectivity index (χ0n) is 13.7. The number of nitrogens with one attached hydrogen (secondary N) is 2. The third-order valence-electron chi connectivity index (χ3n) is 3.37. The fraction of sp³-hybridized carbons (Fsp3) is 0.786. The van der Waals surface area contributed by atoms with Gasteiger partial charge in [-0.3, -0.25) is 5.10 Å². The summed E-state index contributed by atoms with van der Waals surface area (Å²) in [6.07, 6.45) is 1.84. The Morgan fingerprint density at radius 2 is 2.05 bits per heavy atom. The summed E-state index contributed by atoms with van der Waals surface area (Å²) < 4.78 is 26.9. The Balaban J connectivity index is 2.93. The van der Waals surface area contributed by atoms with Crippen LogP contribution >= 0.6 is 0 Å². The third-order valence-corrected chi connectivity index (χ3v) is 5.43. The molecule has 0 aliphatic rings. The van der Waals surface area contributed by atoms with E-state index in [-0.39, 0.29) is 0 Å². The van der Waals surface area contributed by atoms with E-state index in [9.17, 15) is 8.42 Å². The van der Waals surface area contributed by atoms with Crippen LogP contribution in [0.4, 0.5) is 0 Å². The van der Waals surface area contributed by atoms with Crippen LogP contribution in [0, 0.1) is 12.8 Å². The van der Waals surface area contributed by atoms with Crippen LogP contribution in [-0.2, 0) is 16.6 Å². The molecule has 0 aliphatic carbocycles. The van der Waals surface area contributed by atoms with E-state index in [2.05, 4.69) is 36.3 Å². The molecular formula is C14H28N4O2S. The van der Waals surface area contributed by atoms with Gasteiger partial charge in [0.05, 0.1) is 11.4 Å². The number of aromatic amines is 1. The minimum atomic E-state index is -3.49. The summed E-state index contributed by atoms with van der Waals surface area (Å²) in [5.41, 5.74) is 1.16. The number of hydrogen-bond acceptors (Lipinski definition) is 4. The van der Waals surface area contributed by atoms with Crippen LogP contribution in [-0.4, -0.2) is 43.1 Å². The van der Waals surface area contributed by atoms with Crippen LogP contribution in [0.15, 0.2) is 4.90 Å². The molecule has 6 nitrogen and oxygen atoms in total. The van der Waals surface area contributed by atoms with E-state index < -0.39 is 10.0 Å². The zero-order valence-corrected chi connectivity index (χ0v) is 14.5. The predicted octanol–water partition coefficient (Wildman–Crippen LogP) is 1.88. The van der Waals surface area contributed by atoms with Gasteiger partial charge in [0, 0.05) is 20.1 Å². The van der Waals surface area contributed by atoms with Crippen molar-refractivity contribution in [1.29, 1.82) is 0 Å². The van der Waals surface area contributed by atoms with Gasteiger partial charge in [-0.05, 0) is 32.2 Å². The molecule has 0 spiro atoms. The topological polar surface area (TPSA) is 78.1 Å². The van der Waals surface area contributed by atoms with Crippen LogP contribution in [0.2, 0.25) is 0 Å². The fourth-order valence-electron chi connectivity index (χ4n) is 2.03. The lowest BCUT2D eigenvalue weighted by molar-refractivity contribution is 0.427. The van der Waals surface area contributed by atoms with Gasteiger partial charge in [-0.2, -0.15) is 5.10 Å². The van der Waals surface area contributed by atoms with Crippen molar-refractivity contribution in [3.8, 4) is 0 Å². The number of hydrogen-bond donors (Lipinski definition) is 2. The van der Waals surface area contributed by atoms with E-state index in [4.69, 9.17) is 0 Å². The highest BCUT2D eigenvalue weighted by atomic mass is 32.2. The Morgan fingerprint density at radius 1 is 1.38 bits per heavy atom. The first-order valence-electron chi connectivity index (χ1n) is 7.51. The van der Waals surface area contributed by atoms with Gasteiger partial charge < -0.3 is 5.32 Å². The van der Waals surface area contributed by atoms with Crippen LogP contribution in [0.5, 0.6) is 0 Å². The molecule has 0 amide bonds. The molecule has 1 heterocycles. The minimum Gasteiger partial charge on any atom is -0.311 e. The summed E-state index contributed by atoms with van der Waals surface area (Å²) in [7, 11) is -1.86. The minimum absolute atomic E-state index is 0.317. The Kier molecular flexibility index (Phi) is 6.83. The molecule has 2 N–H and O–H groups in total. The summed E-state index contributed by atoms with van der Waals surface area (Å²) >= 11 is 0. The average Bonchev–Trinajstić information content (AvgIpc) is 2.78. The first-order valence-corrected chi connectivity index (χ1v) is 8.95. The van der Waals surface area contributed by atoms with Gasteiger partial charge in [0.1, 0.15) is 4.90 Å². The molecule has 1 aromatic rings. The number of nitrogens with zero attached hydrogens (tertiary/aromatic N) is 2. The maximum absolute atomic E-state index is 12.7. The highest BCUT2D eigenvalue weighted by Crippen LogP contribution is 2.22. The van der Waals surface area contributed by atoms with Gasteiger partial charge in [0.25, 0.3) is 0 Å². The first kappa shape index (κ1) is 18.1. The molecule has 0 unspecified atom stereocenters. The summed E-state index contributed by atoms with van der Waals surface area (Å²) in [5.74, 6) is 0.471. The Labute approximate surface area is 128 Å². The Bertz CT molecular complexity index is 537. The summed E-state index contributed by atoms with van der Waals surface area (Å²) in [5, 5.41) is 10.1. The highest BCUT2D eigenvalue weighted by molar-refractivity contribution is 7.89. The third kappa shape index (κ3) is 4.79. The molecule has 1 rings (SSSR count). The van der Waals surface area contributed by atoms with Gasteiger partial charge in [0.2, 0.25) is 10.0 Å². The smallest absolute Gasteiger partial charge is 0.246 e. The van der Waals surface area contributed by atoms with Crippen molar-refractivity contribution >= 4 is 10.0 Å². The molecule has 0 radical (unpaired) electrons. The monoisotopic (exact) mass is 316 g/mol. The van der Waals surface area contributed by atoms with E-state index in [1.54, 1.807) is 14.0 Å². The normalized spacial score (nSPS) is 12.5. The number of aryl methyl sites for hydroxylation is 1. The van der Waals surface area contributed by atoms with Gasteiger partial charge in [0.15, 0.2) is 0 Å². The second-order valence-corrected chi connectivity index (χ2v) is 7.79. The predicted molar refractivity (Wildman–Crippen MR) is 84.6 cm³/mol. The van der Waals surface area contributed by atoms with E-state index in [1.165, 1.54) is 4.31 Å². The standard InChI is InChI=1S/C14H28N4O2S/c1-6-8-15-10-13-14(12(4)16-17-13)21(19,20)18(5)9-7-11(2)3/h11,15H,6-10H2,1-5H3,(H,16,17). The lowest BCUT2D eigenvalue weighted by Gasteiger charge is -2.18. The van der Waals surface area contributed by atoms with Crippen LogP contribution < -0.4 is 5.32 Å². The molecule has 21 heavy (non-hydrogen) atoms. The molecule has 0 aromatic carbocycles. The van der Waals surface area contributed by atoms with Crippen LogP contribution in [0.3, 0.4) is 0 Å². The van der Waals surface area contributed by atoms with Crippen molar-refractivity contribution in [3.05, 3.63) is 11.4 Å². The van der Waals surface area contributed by atoms with E-state index in [1.807, 2.05) is 0 Å². The molecule has 7 heteroatoms. The maximum Gasteiger partial charge on any atom is 0.246 e. The lowest BCUT2D eigenvalue weighted by atomic mass is 10.1. The van der Waals surface area contributed by atoms with E-state index in [0.717, 1.165) is 19.4 Å². The molecule has 0 bridgehead atoms. The Morgan fingerprint density at radius 3 is 2.62 bits per heavy atom. The van der Waals surface area contributed by atoms with Crippen molar-refractivity contribution in [2.24, 2.45) is 5.92 Å². The number of sulfonamides is 1. The molecule has 1 aromatic heterocycles. The number of aromatic nitrogens is 2. The van der Waals surface area contributed by atoms with Crippen molar-refractivity contribution in [2.45, 2.75) is 52.0 Å². The molecule has 0 fully saturated rings. The molecular weight excluding hydrogens is 288 g/mol. The largest absolute Gasteiger partial charge is 0.311 e. The lowest BCUT2D eigenvalue weighted by Crippen LogP contribution is -2.30. The van der Waals surface area contributed by atoms with Crippen molar-refractivity contribution in [3.63, 3.8) is 0 Å². The van der Waals surface area contributed by atoms with Crippen molar-refractivity contribution in [1.82, 2.24) is 19.8 Å². The molecule has 0 saturated heterocycles.